The van der Waals surface area contributed by atoms with Crippen molar-refractivity contribution in [1.29, 1.82) is 0 Å². The second-order valence-corrected chi connectivity index (χ2v) is 6.17. The summed E-state index contributed by atoms with van der Waals surface area (Å²) in [4.78, 5) is 27.0. The lowest BCUT2D eigenvalue weighted by Gasteiger charge is -2.47. The molecule has 0 radical (unpaired) electrons. The number of carbonyl (C=O) groups excluding carboxylic acids is 2. The highest BCUT2D eigenvalue weighted by atomic mass is 19.1. The molecule has 0 saturated carbocycles. The van der Waals surface area contributed by atoms with E-state index in [2.05, 4.69) is 4.90 Å². The molecule has 0 aliphatic carbocycles. The van der Waals surface area contributed by atoms with E-state index < -0.39 is 23.1 Å². The molecule has 1 aromatic carbocycles. The molecule has 0 atom stereocenters. The number of primary amides is 1. The van der Waals surface area contributed by atoms with E-state index in [-0.39, 0.29) is 17.9 Å². The second-order valence-electron chi connectivity index (χ2n) is 6.17. The Morgan fingerprint density at radius 1 is 1.09 bits per heavy atom. The van der Waals surface area contributed by atoms with Gasteiger partial charge in [0.25, 0.3) is 5.91 Å². The maximum absolute atomic E-state index is 13.7. The number of piperidine rings is 1. The van der Waals surface area contributed by atoms with Gasteiger partial charge in [-0.25, -0.2) is 8.78 Å². The molecule has 2 fully saturated rings. The van der Waals surface area contributed by atoms with E-state index in [1.165, 1.54) is 11.0 Å². The Labute approximate surface area is 133 Å². The van der Waals surface area contributed by atoms with Gasteiger partial charge in [0.05, 0.1) is 0 Å². The Kier molecular flexibility index (Phi) is 4.30. The van der Waals surface area contributed by atoms with Crippen LogP contribution in [0.1, 0.15) is 23.2 Å². The number of rotatable bonds is 3. The molecular formula is C16H19F2N3O2. The summed E-state index contributed by atoms with van der Waals surface area (Å²) >= 11 is 0. The van der Waals surface area contributed by atoms with Gasteiger partial charge in [0.2, 0.25) is 5.91 Å². The Hall–Kier alpha value is -2.02. The molecule has 0 unspecified atom stereocenters. The van der Waals surface area contributed by atoms with Crippen LogP contribution in [0.2, 0.25) is 0 Å². The number of amides is 2. The van der Waals surface area contributed by atoms with Crippen molar-refractivity contribution in [2.75, 3.05) is 26.2 Å². The molecule has 7 heteroatoms. The van der Waals surface area contributed by atoms with E-state index in [1.807, 2.05) is 0 Å². The number of benzene rings is 1. The summed E-state index contributed by atoms with van der Waals surface area (Å²) in [5.41, 5.74) is 4.82. The van der Waals surface area contributed by atoms with E-state index >= 15 is 0 Å². The number of nitrogens with zero attached hydrogens (tertiary/aromatic N) is 2. The standard InChI is InChI=1S/C16H19F2N3O2/c17-12-2-1-3-13(18)14(12)16(23)21-8-11(9-21)20-6-4-10(5-7-20)15(19)22/h1-3,10-11H,4-9H2,(H2,19,22). The number of halogens is 2. The molecule has 2 heterocycles. The van der Waals surface area contributed by atoms with E-state index in [0.29, 0.717) is 13.1 Å². The fourth-order valence-electron chi connectivity index (χ4n) is 3.26. The zero-order valence-corrected chi connectivity index (χ0v) is 12.7. The van der Waals surface area contributed by atoms with Gasteiger partial charge >= 0.3 is 0 Å². The van der Waals surface area contributed by atoms with Crippen LogP contribution in [0, 0.1) is 17.6 Å². The van der Waals surface area contributed by atoms with Gasteiger partial charge in [-0.05, 0) is 38.1 Å². The predicted molar refractivity (Wildman–Crippen MR) is 79.5 cm³/mol. The van der Waals surface area contributed by atoms with Gasteiger partial charge in [0, 0.05) is 25.0 Å². The first-order chi connectivity index (χ1) is 11.0. The zero-order chi connectivity index (χ0) is 16.6. The summed E-state index contributed by atoms with van der Waals surface area (Å²) in [5, 5.41) is 0. The molecular weight excluding hydrogens is 304 g/mol. The molecule has 2 aliphatic heterocycles. The minimum absolute atomic E-state index is 0.0726. The van der Waals surface area contributed by atoms with Crippen molar-refractivity contribution in [3.8, 4) is 0 Å². The minimum Gasteiger partial charge on any atom is -0.369 e. The Morgan fingerprint density at radius 2 is 1.65 bits per heavy atom. The molecule has 0 aromatic heterocycles. The van der Waals surface area contributed by atoms with Crippen molar-refractivity contribution in [2.24, 2.45) is 11.7 Å². The van der Waals surface area contributed by atoms with Crippen molar-refractivity contribution in [3.05, 3.63) is 35.4 Å². The smallest absolute Gasteiger partial charge is 0.259 e. The molecule has 0 bridgehead atoms. The van der Waals surface area contributed by atoms with Crippen LogP contribution in [0.4, 0.5) is 8.78 Å². The molecule has 2 saturated heterocycles. The minimum atomic E-state index is -0.833. The number of carbonyl (C=O) groups is 2. The molecule has 2 aliphatic rings. The average Bonchev–Trinajstić information content (AvgIpc) is 2.46. The van der Waals surface area contributed by atoms with Gasteiger partial charge in [-0.1, -0.05) is 6.07 Å². The molecule has 1 aromatic rings. The van der Waals surface area contributed by atoms with Crippen molar-refractivity contribution in [1.82, 2.24) is 9.80 Å². The Bertz CT molecular complexity index is 604. The van der Waals surface area contributed by atoms with Gasteiger partial charge in [-0.15, -0.1) is 0 Å². The molecule has 124 valence electrons. The van der Waals surface area contributed by atoms with Crippen molar-refractivity contribution in [3.63, 3.8) is 0 Å². The third-order valence-corrected chi connectivity index (χ3v) is 4.77. The van der Waals surface area contributed by atoms with Crippen molar-refractivity contribution in [2.45, 2.75) is 18.9 Å². The van der Waals surface area contributed by atoms with Gasteiger partial charge in [0.15, 0.2) is 0 Å². The molecule has 3 rings (SSSR count). The van der Waals surface area contributed by atoms with Crippen molar-refractivity contribution < 1.29 is 18.4 Å². The summed E-state index contributed by atoms with van der Waals surface area (Å²) in [6.45, 7) is 2.42. The third kappa shape index (κ3) is 3.06. The molecule has 5 nitrogen and oxygen atoms in total. The Balaban J connectivity index is 1.55. The first-order valence-electron chi connectivity index (χ1n) is 7.74. The lowest BCUT2D eigenvalue weighted by molar-refractivity contribution is -0.123. The lowest BCUT2D eigenvalue weighted by atomic mass is 9.93. The fraction of sp³-hybridized carbons (Fsp3) is 0.500. The summed E-state index contributed by atoms with van der Waals surface area (Å²) in [5.74, 6) is -2.60. The Morgan fingerprint density at radius 3 is 2.17 bits per heavy atom. The monoisotopic (exact) mass is 323 g/mol. The van der Waals surface area contributed by atoms with Crippen LogP contribution in [-0.2, 0) is 4.79 Å². The predicted octanol–water partition coefficient (Wildman–Crippen LogP) is 0.986. The van der Waals surface area contributed by atoms with Crippen LogP contribution in [-0.4, -0.2) is 53.8 Å². The SMILES string of the molecule is NC(=O)C1CCN(C2CN(C(=O)c3c(F)cccc3F)C2)CC1. The average molecular weight is 323 g/mol. The molecule has 2 amide bonds. The maximum atomic E-state index is 13.7. The van der Waals surface area contributed by atoms with Crippen LogP contribution in [0.25, 0.3) is 0 Å². The first kappa shape index (κ1) is 15.9. The quantitative estimate of drug-likeness (QED) is 0.902. The summed E-state index contributed by atoms with van der Waals surface area (Å²) in [6, 6.07) is 3.59. The number of hydrogen-bond donors (Lipinski definition) is 1. The van der Waals surface area contributed by atoms with Gasteiger partial charge in [-0.3, -0.25) is 14.5 Å². The second kappa shape index (κ2) is 6.23. The number of nitrogens with two attached hydrogens (primary N) is 1. The van der Waals surface area contributed by atoms with Crippen LogP contribution >= 0.6 is 0 Å². The maximum Gasteiger partial charge on any atom is 0.259 e. The molecule has 23 heavy (non-hydrogen) atoms. The highest BCUT2D eigenvalue weighted by molar-refractivity contribution is 5.95. The van der Waals surface area contributed by atoms with E-state index in [0.717, 1.165) is 38.1 Å². The van der Waals surface area contributed by atoms with Gasteiger partial charge in [0.1, 0.15) is 17.2 Å². The summed E-state index contributed by atoms with van der Waals surface area (Å²) in [7, 11) is 0. The fourth-order valence-corrected chi connectivity index (χ4v) is 3.26. The van der Waals surface area contributed by atoms with E-state index in [9.17, 15) is 18.4 Å². The number of likely N-dealkylation sites (tertiary alicyclic amines) is 2. The molecule has 0 spiro atoms. The van der Waals surface area contributed by atoms with Gasteiger partial charge < -0.3 is 10.6 Å². The molecule has 2 N–H and O–H groups in total. The summed E-state index contributed by atoms with van der Waals surface area (Å²) in [6.07, 6.45) is 1.45. The van der Waals surface area contributed by atoms with Crippen molar-refractivity contribution >= 4 is 11.8 Å². The highest BCUT2D eigenvalue weighted by Gasteiger charge is 2.38. The summed E-state index contributed by atoms with van der Waals surface area (Å²) < 4.78 is 27.3. The lowest BCUT2D eigenvalue weighted by Crippen LogP contribution is -2.62. The normalized spacial score (nSPS) is 20.3. The topological polar surface area (TPSA) is 66.6 Å². The van der Waals surface area contributed by atoms with Crippen LogP contribution in [0.15, 0.2) is 18.2 Å². The number of hydrogen-bond acceptors (Lipinski definition) is 3. The van der Waals surface area contributed by atoms with Crippen LogP contribution < -0.4 is 5.73 Å². The third-order valence-electron chi connectivity index (χ3n) is 4.77. The van der Waals surface area contributed by atoms with E-state index in [1.54, 1.807) is 0 Å². The van der Waals surface area contributed by atoms with Crippen LogP contribution in [0.5, 0.6) is 0 Å². The largest absolute Gasteiger partial charge is 0.369 e. The zero-order valence-electron chi connectivity index (χ0n) is 12.7. The van der Waals surface area contributed by atoms with Gasteiger partial charge in [-0.2, -0.15) is 0 Å². The van der Waals surface area contributed by atoms with E-state index in [4.69, 9.17) is 5.73 Å². The first-order valence-corrected chi connectivity index (χ1v) is 7.74. The highest BCUT2D eigenvalue weighted by Crippen LogP contribution is 2.25. The van der Waals surface area contributed by atoms with Crippen LogP contribution in [0.3, 0.4) is 0 Å².